The molecule has 0 aromatic carbocycles. The number of nitrogens with two attached hydrogens (primary N) is 1. The van der Waals surface area contributed by atoms with Gasteiger partial charge >= 0.3 is 6.18 Å². The summed E-state index contributed by atoms with van der Waals surface area (Å²) in [6.45, 7) is 9.34. The fraction of sp³-hybridized carbons (Fsp3) is 0.643. The van der Waals surface area contributed by atoms with Gasteiger partial charge in [-0.3, -0.25) is 0 Å². The second kappa shape index (κ2) is 6.98. The SMILES string of the molecule is CC(C)CN(CC(C)C)c1cc(C(F)(F)F)cc(NN)n1. The van der Waals surface area contributed by atoms with Gasteiger partial charge in [0.25, 0.3) is 0 Å². The summed E-state index contributed by atoms with van der Waals surface area (Å²) in [5, 5.41) is 0. The lowest BCUT2D eigenvalue weighted by Gasteiger charge is -2.28. The largest absolute Gasteiger partial charge is 0.416 e. The van der Waals surface area contributed by atoms with Gasteiger partial charge in [0, 0.05) is 13.1 Å². The topological polar surface area (TPSA) is 54.2 Å². The third-order valence-electron chi connectivity index (χ3n) is 2.78. The van der Waals surface area contributed by atoms with Crippen LogP contribution in [0, 0.1) is 11.8 Å². The molecule has 0 aliphatic rings. The predicted molar refractivity (Wildman–Crippen MR) is 78.9 cm³/mol. The van der Waals surface area contributed by atoms with Crippen molar-refractivity contribution in [2.45, 2.75) is 33.9 Å². The molecule has 3 N–H and O–H groups in total. The van der Waals surface area contributed by atoms with Crippen molar-refractivity contribution in [1.82, 2.24) is 4.98 Å². The van der Waals surface area contributed by atoms with E-state index in [0.717, 1.165) is 12.1 Å². The molecule has 0 aliphatic heterocycles. The van der Waals surface area contributed by atoms with E-state index in [-0.39, 0.29) is 5.82 Å². The molecule has 1 aromatic heterocycles. The number of hydrogen-bond donors (Lipinski definition) is 2. The molecule has 0 amide bonds. The summed E-state index contributed by atoms with van der Waals surface area (Å²) in [6, 6.07) is 1.98. The molecule has 0 saturated carbocycles. The van der Waals surface area contributed by atoms with Crippen LogP contribution in [0.25, 0.3) is 0 Å². The minimum Gasteiger partial charge on any atom is -0.356 e. The van der Waals surface area contributed by atoms with Crippen LogP contribution >= 0.6 is 0 Å². The minimum atomic E-state index is -4.43. The zero-order valence-corrected chi connectivity index (χ0v) is 12.8. The maximum Gasteiger partial charge on any atom is 0.416 e. The quantitative estimate of drug-likeness (QED) is 0.624. The smallest absolute Gasteiger partial charge is 0.356 e. The van der Waals surface area contributed by atoms with E-state index >= 15 is 0 Å². The number of hydrazine groups is 1. The highest BCUT2D eigenvalue weighted by Crippen LogP contribution is 2.33. The number of anilines is 2. The lowest BCUT2D eigenvalue weighted by Crippen LogP contribution is -2.32. The third kappa shape index (κ3) is 5.41. The van der Waals surface area contributed by atoms with Crippen LogP contribution in [0.5, 0.6) is 0 Å². The Kier molecular flexibility index (Phi) is 5.83. The number of alkyl halides is 3. The average Bonchev–Trinajstić information content (AvgIpc) is 2.35. The second-order valence-corrected chi connectivity index (χ2v) is 5.93. The summed E-state index contributed by atoms with van der Waals surface area (Å²) in [5.74, 6) is 6.17. The molecule has 0 aliphatic carbocycles. The number of aromatic nitrogens is 1. The van der Waals surface area contributed by atoms with Gasteiger partial charge < -0.3 is 10.3 Å². The molecule has 0 bridgehead atoms. The van der Waals surface area contributed by atoms with E-state index in [9.17, 15) is 13.2 Å². The normalized spacial score (nSPS) is 12.1. The van der Waals surface area contributed by atoms with Gasteiger partial charge in [0.2, 0.25) is 0 Å². The van der Waals surface area contributed by atoms with Crippen LogP contribution in [0.1, 0.15) is 33.3 Å². The minimum absolute atomic E-state index is 0.0114. The number of nitrogen functional groups attached to an aromatic ring is 1. The number of halogens is 3. The fourth-order valence-electron chi connectivity index (χ4n) is 2.06. The van der Waals surface area contributed by atoms with E-state index in [2.05, 4.69) is 10.4 Å². The van der Waals surface area contributed by atoms with Crippen molar-refractivity contribution in [3.63, 3.8) is 0 Å². The molecule has 0 spiro atoms. The number of nitrogens with one attached hydrogen (secondary N) is 1. The average molecular weight is 304 g/mol. The summed E-state index contributed by atoms with van der Waals surface area (Å²) < 4.78 is 38.9. The maximum absolute atomic E-state index is 13.0. The first-order valence-electron chi connectivity index (χ1n) is 6.94. The Labute approximate surface area is 123 Å². The van der Waals surface area contributed by atoms with Crippen LogP contribution in [-0.2, 0) is 6.18 Å². The molecule has 21 heavy (non-hydrogen) atoms. The monoisotopic (exact) mass is 304 g/mol. The highest BCUT2D eigenvalue weighted by Gasteiger charge is 2.32. The van der Waals surface area contributed by atoms with Crippen molar-refractivity contribution < 1.29 is 13.2 Å². The predicted octanol–water partition coefficient (Wildman–Crippen LogP) is 3.50. The van der Waals surface area contributed by atoms with Crippen LogP contribution in [0.4, 0.5) is 24.8 Å². The van der Waals surface area contributed by atoms with Crippen LogP contribution in [0.3, 0.4) is 0 Å². The van der Waals surface area contributed by atoms with E-state index in [4.69, 9.17) is 5.84 Å². The molecule has 1 rings (SSSR count). The Morgan fingerprint density at radius 1 is 1.14 bits per heavy atom. The molecule has 0 atom stereocenters. The van der Waals surface area contributed by atoms with Gasteiger partial charge in [0.15, 0.2) is 0 Å². The van der Waals surface area contributed by atoms with Gasteiger partial charge in [-0.15, -0.1) is 0 Å². The number of rotatable bonds is 6. The fourth-order valence-corrected chi connectivity index (χ4v) is 2.06. The first-order chi connectivity index (χ1) is 9.63. The van der Waals surface area contributed by atoms with Gasteiger partial charge in [-0.25, -0.2) is 10.8 Å². The highest BCUT2D eigenvalue weighted by molar-refractivity contribution is 5.51. The molecule has 7 heteroatoms. The summed E-state index contributed by atoms with van der Waals surface area (Å²) in [5.41, 5.74) is 1.45. The first-order valence-corrected chi connectivity index (χ1v) is 6.94. The Bertz CT molecular complexity index is 448. The lowest BCUT2D eigenvalue weighted by molar-refractivity contribution is -0.137. The molecule has 4 nitrogen and oxygen atoms in total. The molecular formula is C14H23F3N4. The molecule has 1 aromatic rings. The van der Waals surface area contributed by atoms with Gasteiger partial charge in [-0.05, 0) is 24.0 Å². The first kappa shape index (κ1) is 17.6. The lowest BCUT2D eigenvalue weighted by atomic mass is 10.1. The molecule has 0 radical (unpaired) electrons. The van der Waals surface area contributed by atoms with Crippen LogP contribution in [0.15, 0.2) is 12.1 Å². The van der Waals surface area contributed by atoms with Crippen LogP contribution < -0.4 is 16.2 Å². The van der Waals surface area contributed by atoms with Crippen LogP contribution in [0.2, 0.25) is 0 Å². The van der Waals surface area contributed by atoms with E-state index in [1.807, 2.05) is 32.6 Å². The van der Waals surface area contributed by atoms with Crippen molar-refractivity contribution in [3.8, 4) is 0 Å². The Balaban J connectivity index is 3.22. The summed E-state index contributed by atoms with van der Waals surface area (Å²) in [6.07, 6.45) is -4.43. The van der Waals surface area contributed by atoms with Crippen molar-refractivity contribution in [2.75, 3.05) is 23.4 Å². The molecule has 1 heterocycles. The van der Waals surface area contributed by atoms with E-state index in [1.165, 1.54) is 0 Å². The molecule has 0 saturated heterocycles. The number of hydrogen-bond acceptors (Lipinski definition) is 4. The molecule has 0 unspecified atom stereocenters. The number of nitrogens with zero attached hydrogens (tertiary/aromatic N) is 2. The van der Waals surface area contributed by atoms with E-state index < -0.39 is 11.7 Å². The van der Waals surface area contributed by atoms with Gasteiger partial charge in [0.05, 0.1) is 5.56 Å². The van der Waals surface area contributed by atoms with Crippen molar-refractivity contribution in [2.24, 2.45) is 17.7 Å². The summed E-state index contributed by atoms with van der Waals surface area (Å²) in [7, 11) is 0. The zero-order chi connectivity index (χ0) is 16.2. The van der Waals surface area contributed by atoms with E-state index in [1.54, 1.807) is 0 Å². The molecule has 120 valence electrons. The van der Waals surface area contributed by atoms with Gasteiger partial charge in [-0.2, -0.15) is 13.2 Å². The maximum atomic E-state index is 13.0. The Hall–Kier alpha value is -1.50. The highest BCUT2D eigenvalue weighted by atomic mass is 19.4. The Morgan fingerprint density at radius 3 is 2.05 bits per heavy atom. The van der Waals surface area contributed by atoms with E-state index in [0.29, 0.717) is 30.7 Å². The van der Waals surface area contributed by atoms with Crippen molar-refractivity contribution in [3.05, 3.63) is 17.7 Å². The van der Waals surface area contributed by atoms with Gasteiger partial charge in [-0.1, -0.05) is 27.7 Å². The molecule has 0 fully saturated rings. The standard InChI is InChI=1S/C14H23F3N4/c1-9(2)7-21(8-10(3)4)13-6-11(14(15,16)17)5-12(19-13)20-18/h5-6,9-10H,7-8,18H2,1-4H3,(H,19,20). The van der Waals surface area contributed by atoms with Gasteiger partial charge in [0.1, 0.15) is 11.6 Å². The number of pyridine rings is 1. The zero-order valence-electron chi connectivity index (χ0n) is 12.8. The van der Waals surface area contributed by atoms with Crippen molar-refractivity contribution in [1.29, 1.82) is 0 Å². The summed E-state index contributed by atoms with van der Waals surface area (Å²) in [4.78, 5) is 6.03. The van der Waals surface area contributed by atoms with Crippen LogP contribution in [-0.4, -0.2) is 18.1 Å². The Morgan fingerprint density at radius 2 is 1.67 bits per heavy atom. The third-order valence-corrected chi connectivity index (χ3v) is 2.78. The summed E-state index contributed by atoms with van der Waals surface area (Å²) >= 11 is 0. The van der Waals surface area contributed by atoms with Crippen molar-refractivity contribution >= 4 is 11.6 Å². The second-order valence-electron chi connectivity index (χ2n) is 5.93. The molecular weight excluding hydrogens is 281 g/mol.